The van der Waals surface area contributed by atoms with Crippen molar-refractivity contribution in [1.82, 2.24) is 0 Å². The van der Waals surface area contributed by atoms with Crippen molar-refractivity contribution in [3.63, 3.8) is 0 Å². The van der Waals surface area contributed by atoms with E-state index in [4.69, 9.17) is 11.2 Å². The van der Waals surface area contributed by atoms with Gasteiger partial charge in [-0.3, -0.25) is 4.79 Å². The summed E-state index contributed by atoms with van der Waals surface area (Å²) in [4.78, 5) is 16.0. The van der Waals surface area contributed by atoms with Crippen LogP contribution in [0.1, 0.15) is 96.8 Å². The fourth-order valence-corrected chi connectivity index (χ4v) is 4.21. The standard InChI is InChI=1S/C19H33NOS2/c1-2-3-4-5-6-7-8-9-10-11-12-13-14-15-18(21)19-20-16-17-23(19)22/h16-17H,2-15H2,1H3. The third-order valence-corrected chi connectivity index (χ3v) is 6.20. The van der Waals surface area contributed by atoms with Crippen LogP contribution < -0.4 is 0 Å². The quantitative estimate of drug-likeness (QED) is 0.337. The first-order valence-electron chi connectivity index (χ1n) is 9.44. The predicted molar refractivity (Wildman–Crippen MR) is 107 cm³/mol. The van der Waals surface area contributed by atoms with Crippen LogP contribution in [0.3, 0.4) is 0 Å². The number of Topliss-reactive ketones (excluding diaryl/α,β-unsaturated/α-hetero) is 1. The molecule has 0 spiro atoms. The van der Waals surface area contributed by atoms with Gasteiger partial charge in [0.15, 0.2) is 5.78 Å². The third kappa shape index (κ3) is 10.2. The Hall–Kier alpha value is -0.350. The van der Waals surface area contributed by atoms with Crippen molar-refractivity contribution in [3.05, 3.63) is 11.6 Å². The van der Waals surface area contributed by atoms with Crippen LogP contribution in [-0.4, -0.2) is 10.8 Å². The van der Waals surface area contributed by atoms with E-state index in [1.54, 1.807) is 6.20 Å². The minimum Gasteiger partial charge on any atom is -0.292 e. The van der Waals surface area contributed by atoms with Crippen LogP contribution in [0.4, 0.5) is 0 Å². The average molecular weight is 356 g/mol. The lowest BCUT2D eigenvalue weighted by molar-refractivity contribution is -0.112. The molecule has 0 aromatic heterocycles. The first-order valence-corrected chi connectivity index (χ1v) is 11.6. The van der Waals surface area contributed by atoms with Crippen LogP contribution in [0.15, 0.2) is 16.6 Å². The van der Waals surface area contributed by atoms with E-state index in [1.807, 2.05) is 5.41 Å². The molecule has 1 atom stereocenters. The second kappa shape index (κ2) is 14.0. The van der Waals surface area contributed by atoms with Gasteiger partial charge in [-0.2, -0.15) is 0 Å². The van der Waals surface area contributed by atoms with Crippen LogP contribution in [0, 0.1) is 0 Å². The van der Waals surface area contributed by atoms with Gasteiger partial charge in [-0.05, 0) is 27.1 Å². The lowest BCUT2D eigenvalue weighted by atomic mass is 10.0. The molecule has 0 amide bonds. The molecule has 0 fully saturated rings. The summed E-state index contributed by atoms with van der Waals surface area (Å²) >= 11 is 5.19. The van der Waals surface area contributed by atoms with Crippen LogP contribution in [0.5, 0.6) is 0 Å². The Morgan fingerprint density at radius 1 is 0.913 bits per heavy atom. The minimum atomic E-state index is -0.454. The summed E-state index contributed by atoms with van der Waals surface area (Å²) in [5.41, 5.74) is 0. The molecule has 1 aliphatic heterocycles. The molecule has 0 aromatic carbocycles. The summed E-state index contributed by atoms with van der Waals surface area (Å²) in [5.74, 6) is 0.163. The number of carbonyl (C=O) groups is 1. The summed E-state index contributed by atoms with van der Waals surface area (Å²) in [7, 11) is -0.454. The van der Waals surface area contributed by atoms with Gasteiger partial charge >= 0.3 is 0 Å². The van der Waals surface area contributed by atoms with Gasteiger partial charge in [-0.1, -0.05) is 84.0 Å². The van der Waals surface area contributed by atoms with Crippen molar-refractivity contribution >= 4 is 31.5 Å². The number of rotatable bonds is 15. The highest BCUT2D eigenvalue weighted by Crippen LogP contribution is 2.13. The van der Waals surface area contributed by atoms with Crippen molar-refractivity contribution in [1.29, 1.82) is 0 Å². The lowest BCUT2D eigenvalue weighted by Crippen LogP contribution is -2.15. The molecule has 2 nitrogen and oxygen atoms in total. The number of hydrogen-bond donors (Lipinski definition) is 0. The van der Waals surface area contributed by atoms with E-state index in [9.17, 15) is 4.79 Å². The Kier molecular flexibility index (Phi) is 12.6. The topological polar surface area (TPSA) is 29.4 Å². The number of ketones is 1. The maximum Gasteiger partial charge on any atom is 0.188 e. The molecular formula is C19H33NOS2. The molecule has 0 bridgehead atoms. The van der Waals surface area contributed by atoms with E-state index in [2.05, 4.69) is 11.9 Å². The highest BCUT2D eigenvalue weighted by atomic mass is 32.8. The molecule has 0 radical (unpaired) electrons. The molecule has 4 heteroatoms. The lowest BCUT2D eigenvalue weighted by Gasteiger charge is -2.03. The Morgan fingerprint density at radius 3 is 1.83 bits per heavy atom. The molecule has 1 aliphatic rings. The highest BCUT2D eigenvalue weighted by Gasteiger charge is 2.15. The van der Waals surface area contributed by atoms with Crippen LogP contribution in [0.25, 0.3) is 0 Å². The number of nitrogens with zero attached hydrogens (tertiary/aromatic N) is 1. The molecule has 0 aliphatic carbocycles. The van der Waals surface area contributed by atoms with Crippen molar-refractivity contribution in [2.75, 3.05) is 0 Å². The van der Waals surface area contributed by atoms with Crippen molar-refractivity contribution < 1.29 is 4.79 Å². The van der Waals surface area contributed by atoms with Gasteiger partial charge in [0.1, 0.15) is 5.04 Å². The van der Waals surface area contributed by atoms with Crippen LogP contribution >= 0.6 is 0 Å². The van der Waals surface area contributed by atoms with Gasteiger partial charge in [-0.25, -0.2) is 4.99 Å². The zero-order chi connectivity index (χ0) is 16.8. The Balaban J connectivity index is 1.81. The maximum absolute atomic E-state index is 11.9. The SMILES string of the molecule is CCCCCCCCCCCCCCCC(=O)C1=NC=CS1=S. The van der Waals surface area contributed by atoms with Crippen LogP contribution in [0.2, 0.25) is 0 Å². The van der Waals surface area contributed by atoms with E-state index >= 15 is 0 Å². The molecule has 1 heterocycles. The molecular weight excluding hydrogens is 322 g/mol. The van der Waals surface area contributed by atoms with Gasteiger partial charge < -0.3 is 0 Å². The third-order valence-electron chi connectivity index (χ3n) is 4.31. The largest absolute Gasteiger partial charge is 0.292 e. The van der Waals surface area contributed by atoms with Crippen molar-refractivity contribution in [2.45, 2.75) is 96.8 Å². The van der Waals surface area contributed by atoms with Gasteiger partial charge in [-0.15, -0.1) is 0 Å². The fraction of sp³-hybridized carbons (Fsp3) is 0.789. The van der Waals surface area contributed by atoms with Gasteiger partial charge in [0.2, 0.25) is 0 Å². The number of carbonyl (C=O) groups excluding carboxylic acids is 1. The van der Waals surface area contributed by atoms with E-state index < -0.39 is 9.45 Å². The summed E-state index contributed by atoms with van der Waals surface area (Å²) in [5, 5.41) is 2.45. The summed E-state index contributed by atoms with van der Waals surface area (Å²) in [6, 6.07) is 0. The minimum absolute atomic E-state index is 0.163. The highest BCUT2D eigenvalue weighted by molar-refractivity contribution is 8.40. The molecule has 0 saturated carbocycles. The zero-order valence-corrected chi connectivity index (χ0v) is 16.4. The number of unbranched alkanes of at least 4 members (excludes halogenated alkanes) is 12. The van der Waals surface area contributed by atoms with E-state index in [1.165, 1.54) is 70.6 Å². The second-order valence-corrected chi connectivity index (χ2v) is 8.76. The average Bonchev–Trinajstić information content (AvgIpc) is 2.98. The molecule has 1 rings (SSSR count). The monoisotopic (exact) mass is 355 g/mol. The summed E-state index contributed by atoms with van der Waals surface area (Å²) in [6.07, 6.45) is 19.6. The summed E-state index contributed by atoms with van der Waals surface area (Å²) in [6.45, 7) is 2.27. The van der Waals surface area contributed by atoms with E-state index in [0.717, 1.165) is 12.8 Å². The molecule has 0 saturated heterocycles. The molecule has 1 unspecified atom stereocenters. The second-order valence-electron chi connectivity index (χ2n) is 6.43. The van der Waals surface area contributed by atoms with Gasteiger partial charge in [0.05, 0.1) is 0 Å². The van der Waals surface area contributed by atoms with E-state index in [0.29, 0.717) is 11.5 Å². The molecule has 0 N–H and O–H groups in total. The predicted octanol–water partition coefficient (Wildman–Crippen LogP) is 6.00. The first-order chi connectivity index (χ1) is 11.3. The van der Waals surface area contributed by atoms with Crippen molar-refractivity contribution in [3.8, 4) is 0 Å². The fourth-order valence-electron chi connectivity index (χ4n) is 2.86. The van der Waals surface area contributed by atoms with Crippen molar-refractivity contribution in [2.24, 2.45) is 4.99 Å². The maximum atomic E-state index is 11.9. The van der Waals surface area contributed by atoms with Gasteiger partial charge in [0, 0.05) is 18.0 Å². The zero-order valence-electron chi connectivity index (χ0n) is 14.7. The van der Waals surface area contributed by atoms with Gasteiger partial charge in [0.25, 0.3) is 0 Å². The smallest absolute Gasteiger partial charge is 0.188 e. The van der Waals surface area contributed by atoms with E-state index in [-0.39, 0.29) is 5.78 Å². The molecule has 0 aromatic rings. The number of aliphatic imine (C=N–C) groups is 1. The molecule has 132 valence electrons. The number of hydrogen-bond acceptors (Lipinski definition) is 3. The first kappa shape index (κ1) is 20.7. The van der Waals surface area contributed by atoms with Crippen LogP contribution in [-0.2, 0) is 25.4 Å². The molecule has 23 heavy (non-hydrogen) atoms. The Bertz CT molecular complexity index is 416. The Labute approximate surface area is 149 Å². The summed E-state index contributed by atoms with van der Waals surface area (Å²) < 4.78 is 0. The normalized spacial score (nSPS) is 16.7. The Morgan fingerprint density at radius 2 is 1.39 bits per heavy atom.